The molecule has 1 heterocycles. The SMILES string of the molecule is Cc1cccc(NC(=O)c2ccccc2N=Nc2c[nH]c3ccccc23)c1C. The molecular formula is C23H20N4O. The minimum Gasteiger partial charge on any atom is -0.359 e. The van der Waals surface area contributed by atoms with Gasteiger partial charge in [0.05, 0.1) is 11.3 Å². The van der Waals surface area contributed by atoms with Gasteiger partial charge >= 0.3 is 0 Å². The van der Waals surface area contributed by atoms with E-state index in [0.29, 0.717) is 11.3 Å². The van der Waals surface area contributed by atoms with Gasteiger partial charge in [-0.25, -0.2) is 0 Å². The Labute approximate surface area is 163 Å². The summed E-state index contributed by atoms with van der Waals surface area (Å²) in [4.78, 5) is 16.0. The van der Waals surface area contributed by atoms with Crippen LogP contribution in [-0.2, 0) is 0 Å². The normalized spacial score (nSPS) is 11.2. The van der Waals surface area contributed by atoms with Crippen molar-refractivity contribution in [2.45, 2.75) is 13.8 Å². The van der Waals surface area contributed by atoms with Crippen LogP contribution in [0.4, 0.5) is 17.1 Å². The second kappa shape index (κ2) is 7.48. The molecule has 0 spiro atoms. The Balaban J connectivity index is 1.63. The third-order valence-corrected chi connectivity index (χ3v) is 4.83. The van der Waals surface area contributed by atoms with E-state index in [-0.39, 0.29) is 5.91 Å². The van der Waals surface area contributed by atoms with E-state index in [9.17, 15) is 4.79 Å². The van der Waals surface area contributed by atoms with E-state index in [1.807, 2.05) is 74.6 Å². The number of aryl methyl sites for hydroxylation is 1. The molecule has 0 unspecified atom stereocenters. The summed E-state index contributed by atoms with van der Waals surface area (Å²) in [7, 11) is 0. The number of amides is 1. The van der Waals surface area contributed by atoms with Crippen LogP contribution in [-0.4, -0.2) is 10.9 Å². The third-order valence-electron chi connectivity index (χ3n) is 4.83. The smallest absolute Gasteiger partial charge is 0.257 e. The first kappa shape index (κ1) is 17.7. The number of para-hydroxylation sites is 1. The maximum absolute atomic E-state index is 12.9. The van der Waals surface area contributed by atoms with Crippen molar-refractivity contribution in [3.8, 4) is 0 Å². The van der Waals surface area contributed by atoms with E-state index in [2.05, 4.69) is 20.5 Å². The Morgan fingerprint density at radius 2 is 1.61 bits per heavy atom. The van der Waals surface area contributed by atoms with Gasteiger partial charge in [-0.2, -0.15) is 0 Å². The highest BCUT2D eigenvalue weighted by molar-refractivity contribution is 6.08. The average molecular weight is 368 g/mol. The summed E-state index contributed by atoms with van der Waals surface area (Å²) >= 11 is 0. The minimum absolute atomic E-state index is 0.206. The van der Waals surface area contributed by atoms with Gasteiger partial charge in [-0.3, -0.25) is 4.79 Å². The van der Waals surface area contributed by atoms with Crippen molar-refractivity contribution < 1.29 is 4.79 Å². The fourth-order valence-corrected chi connectivity index (χ4v) is 3.08. The molecular weight excluding hydrogens is 348 g/mol. The highest BCUT2D eigenvalue weighted by atomic mass is 16.1. The number of azo groups is 1. The standard InChI is InChI=1S/C23H20N4O/c1-15-8-7-13-19(16(15)2)25-23(28)18-10-4-6-12-21(18)26-27-22-14-24-20-11-5-3-9-17(20)22/h3-14,24H,1-2H3,(H,25,28). The summed E-state index contributed by atoms with van der Waals surface area (Å²) < 4.78 is 0. The van der Waals surface area contributed by atoms with Crippen molar-refractivity contribution in [3.63, 3.8) is 0 Å². The number of nitrogens with zero attached hydrogens (tertiary/aromatic N) is 2. The molecule has 1 amide bonds. The zero-order valence-electron chi connectivity index (χ0n) is 15.7. The molecule has 138 valence electrons. The van der Waals surface area contributed by atoms with E-state index in [1.165, 1.54) is 0 Å². The van der Waals surface area contributed by atoms with Crippen LogP contribution in [0.1, 0.15) is 21.5 Å². The maximum atomic E-state index is 12.9. The zero-order valence-corrected chi connectivity index (χ0v) is 15.7. The largest absolute Gasteiger partial charge is 0.359 e. The molecule has 28 heavy (non-hydrogen) atoms. The molecule has 3 aromatic carbocycles. The summed E-state index contributed by atoms with van der Waals surface area (Å²) in [5.41, 5.74) is 5.72. The molecule has 0 aliphatic carbocycles. The number of fused-ring (bicyclic) bond motifs is 1. The van der Waals surface area contributed by atoms with E-state index < -0.39 is 0 Å². The molecule has 4 aromatic rings. The van der Waals surface area contributed by atoms with Crippen LogP contribution in [0.25, 0.3) is 10.9 Å². The Morgan fingerprint density at radius 1 is 0.857 bits per heavy atom. The van der Waals surface area contributed by atoms with Gasteiger partial charge in [0.1, 0.15) is 5.69 Å². The highest BCUT2D eigenvalue weighted by Gasteiger charge is 2.13. The number of carbonyl (C=O) groups excluding carboxylic acids is 1. The number of anilines is 1. The molecule has 0 aliphatic heterocycles. The summed E-state index contributed by atoms with van der Waals surface area (Å²) in [6.45, 7) is 4.02. The molecule has 1 aromatic heterocycles. The molecule has 0 saturated carbocycles. The van der Waals surface area contributed by atoms with Crippen LogP contribution < -0.4 is 5.32 Å². The van der Waals surface area contributed by atoms with E-state index in [1.54, 1.807) is 12.1 Å². The molecule has 2 N–H and O–H groups in total. The molecule has 4 rings (SSSR count). The van der Waals surface area contributed by atoms with Crippen molar-refractivity contribution in [2.75, 3.05) is 5.32 Å². The number of hydrogen-bond donors (Lipinski definition) is 2. The van der Waals surface area contributed by atoms with Crippen LogP contribution in [0.2, 0.25) is 0 Å². The summed E-state index contributed by atoms with van der Waals surface area (Å²) in [6, 6.07) is 21.0. The first-order valence-electron chi connectivity index (χ1n) is 9.08. The Kier molecular flexibility index (Phi) is 4.72. The number of aromatic nitrogens is 1. The van der Waals surface area contributed by atoms with Crippen LogP contribution in [0, 0.1) is 13.8 Å². The lowest BCUT2D eigenvalue weighted by molar-refractivity contribution is 0.102. The predicted molar refractivity (Wildman–Crippen MR) is 113 cm³/mol. The van der Waals surface area contributed by atoms with E-state index >= 15 is 0 Å². The molecule has 0 bridgehead atoms. The number of H-pyrrole nitrogens is 1. The fraction of sp³-hybridized carbons (Fsp3) is 0.0870. The summed E-state index contributed by atoms with van der Waals surface area (Å²) in [5, 5.41) is 12.7. The lowest BCUT2D eigenvalue weighted by Crippen LogP contribution is -2.13. The molecule has 0 atom stereocenters. The van der Waals surface area contributed by atoms with Gasteiger partial charge in [-0.05, 0) is 49.2 Å². The number of benzene rings is 3. The first-order valence-corrected chi connectivity index (χ1v) is 9.08. The number of aromatic amines is 1. The van der Waals surface area contributed by atoms with E-state index in [0.717, 1.165) is 33.4 Å². The lowest BCUT2D eigenvalue weighted by Gasteiger charge is -2.11. The van der Waals surface area contributed by atoms with Crippen molar-refractivity contribution in [2.24, 2.45) is 10.2 Å². The van der Waals surface area contributed by atoms with Crippen LogP contribution in [0.15, 0.2) is 83.2 Å². The topological polar surface area (TPSA) is 69.6 Å². The van der Waals surface area contributed by atoms with Gasteiger partial charge < -0.3 is 10.3 Å². The quantitative estimate of drug-likeness (QED) is 0.399. The van der Waals surface area contributed by atoms with Gasteiger partial charge in [0, 0.05) is 22.8 Å². The Morgan fingerprint density at radius 3 is 2.50 bits per heavy atom. The fourth-order valence-electron chi connectivity index (χ4n) is 3.08. The molecule has 5 heteroatoms. The second-order valence-electron chi connectivity index (χ2n) is 6.64. The molecule has 0 saturated heterocycles. The second-order valence-corrected chi connectivity index (χ2v) is 6.64. The molecule has 0 radical (unpaired) electrons. The van der Waals surface area contributed by atoms with Gasteiger partial charge in [-0.1, -0.05) is 42.5 Å². The monoisotopic (exact) mass is 368 g/mol. The van der Waals surface area contributed by atoms with Crippen molar-refractivity contribution in [1.29, 1.82) is 0 Å². The van der Waals surface area contributed by atoms with Gasteiger partial charge in [0.25, 0.3) is 5.91 Å². The van der Waals surface area contributed by atoms with Crippen LogP contribution in [0.5, 0.6) is 0 Å². The van der Waals surface area contributed by atoms with Crippen LogP contribution >= 0.6 is 0 Å². The van der Waals surface area contributed by atoms with Crippen LogP contribution in [0.3, 0.4) is 0 Å². The minimum atomic E-state index is -0.206. The Bertz CT molecular complexity index is 1190. The van der Waals surface area contributed by atoms with Crippen molar-refractivity contribution in [1.82, 2.24) is 4.98 Å². The van der Waals surface area contributed by atoms with Gasteiger partial charge in [0.15, 0.2) is 0 Å². The van der Waals surface area contributed by atoms with Crippen molar-refractivity contribution in [3.05, 3.63) is 89.6 Å². The van der Waals surface area contributed by atoms with E-state index in [4.69, 9.17) is 0 Å². The summed E-state index contributed by atoms with van der Waals surface area (Å²) in [6.07, 6.45) is 1.81. The highest BCUT2D eigenvalue weighted by Crippen LogP contribution is 2.29. The molecule has 0 aliphatic rings. The Hall–Kier alpha value is -3.73. The predicted octanol–water partition coefficient (Wildman–Crippen LogP) is 6.45. The van der Waals surface area contributed by atoms with Gasteiger partial charge in [0.2, 0.25) is 0 Å². The maximum Gasteiger partial charge on any atom is 0.257 e. The average Bonchev–Trinajstić information content (AvgIpc) is 3.13. The number of rotatable bonds is 4. The first-order chi connectivity index (χ1) is 13.6. The third kappa shape index (κ3) is 3.42. The number of nitrogens with one attached hydrogen (secondary N) is 2. The zero-order chi connectivity index (χ0) is 19.5. The number of carbonyl (C=O) groups is 1. The molecule has 0 fully saturated rings. The summed E-state index contributed by atoms with van der Waals surface area (Å²) in [5.74, 6) is -0.206. The molecule has 5 nitrogen and oxygen atoms in total. The lowest BCUT2D eigenvalue weighted by atomic mass is 10.1. The van der Waals surface area contributed by atoms with Crippen molar-refractivity contribution >= 4 is 33.9 Å². The number of hydrogen-bond acceptors (Lipinski definition) is 3. The van der Waals surface area contributed by atoms with Gasteiger partial charge in [-0.15, -0.1) is 10.2 Å².